The molecule has 3 N–H and O–H groups in total. The maximum Gasteiger partial charge on any atom is 0.180 e. The molecule has 2 aromatic carbocycles. The maximum absolute atomic E-state index is 5.77. The summed E-state index contributed by atoms with van der Waals surface area (Å²) in [6.07, 6.45) is 1.75. The van der Waals surface area contributed by atoms with Gasteiger partial charge in [0.05, 0.1) is 18.5 Å². The molecule has 0 aliphatic carbocycles. The molecule has 0 aliphatic heterocycles. The lowest BCUT2D eigenvalue weighted by Crippen LogP contribution is -1.90. The lowest BCUT2D eigenvalue weighted by molar-refractivity contribution is 0.416. The van der Waals surface area contributed by atoms with Crippen LogP contribution < -0.4 is 10.5 Å². The van der Waals surface area contributed by atoms with Crippen LogP contribution in [-0.4, -0.2) is 22.3 Å². The van der Waals surface area contributed by atoms with Crippen LogP contribution in [-0.2, 0) is 0 Å². The largest absolute Gasteiger partial charge is 0.496 e. The number of methoxy groups -OCH3 is 1. The highest BCUT2D eigenvalue weighted by atomic mass is 32.1. The van der Waals surface area contributed by atoms with Crippen molar-refractivity contribution in [1.29, 1.82) is 0 Å². The van der Waals surface area contributed by atoms with E-state index in [2.05, 4.69) is 39.4 Å². The smallest absolute Gasteiger partial charge is 0.180 e. The fourth-order valence-corrected chi connectivity index (χ4v) is 3.36. The van der Waals surface area contributed by atoms with Crippen LogP contribution in [0.3, 0.4) is 0 Å². The monoisotopic (exact) mass is 348 g/mol. The van der Waals surface area contributed by atoms with Crippen molar-refractivity contribution in [1.82, 2.24) is 15.2 Å². The minimum absolute atomic E-state index is 0.564. The summed E-state index contributed by atoms with van der Waals surface area (Å²) in [7, 11) is 1.68. The molecule has 2 heterocycles. The zero-order valence-electron chi connectivity index (χ0n) is 13.6. The first kappa shape index (κ1) is 15.4. The SMILES string of the molecule is COc1ccc(-c2csc(N)n2)cc1-c1cccc(-c2ccn[nH]2)c1. The van der Waals surface area contributed by atoms with Gasteiger partial charge in [0.1, 0.15) is 5.75 Å². The van der Waals surface area contributed by atoms with Gasteiger partial charge in [-0.05, 0) is 35.9 Å². The number of ether oxygens (including phenoxy) is 1. The van der Waals surface area contributed by atoms with E-state index >= 15 is 0 Å². The van der Waals surface area contributed by atoms with Gasteiger partial charge >= 0.3 is 0 Å². The van der Waals surface area contributed by atoms with Crippen LogP contribution in [0.2, 0.25) is 0 Å². The Morgan fingerprint density at radius 1 is 1.04 bits per heavy atom. The van der Waals surface area contributed by atoms with E-state index in [9.17, 15) is 0 Å². The third-order valence-electron chi connectivity index (χ3n) is 4.00. The third-order valence-corrected chi connectivity index (χ3v) is 4.68. The van der Waals surface area contributed by atoms with Crippen LogP contribution in [0, 0.1) is 0 Å². The second kappa shape index (κ2) is 6.41. The Morgan fingerprint density at radius 3 is 2.64 bits per heavy atom. The van der Waals surface area contributed by atoms with E-state index in [0.717, 1.165) is 39.4 Å². The Morgan fingerprint density at radius 2 is 1.92 bits per heavy atom. The van der Waals surface area contributed by atoms with E-state index < -0.39 is 0 Å². The van der Waals surface area contributed by atoms with Crippen molar-refractivity contribution in [2.75, 3.05) is 12.8 Å². The van der Waals surface area contributed by atoms with Gasteiger partial charge in [-0.15, -0.1) is 11.3 Å². The van der Waals surface area contributed by atoms with Gasteiger partial charge in [0.25, 0.3) is 0 Å². The Balaban J connectivity index is 1.82. The van der Waals surface area contributed by atoms with E-state index in [-0.39, 0.29) is 0 Å². The van der Waals surface area contributed by atoms with Crippen molar-refractivity contribution in [3.8, 4) is 39.4 Å². The highest BCUT2D eigenvalue weighted by Gasteiger charge is 2.11. The minimum atomic E-state index is 0.564. The second-order valence-electron chi connectivity index (χ2n) is 5.54. The average Bonchev–Trinajstić information content (AvgIpc) is 3.33. The predicted molar refractivity (Wildman–Crippen MR) is 102 cm³/mol. The van der Waals surface area contributed by atoms with Crippen molar-refractivity contribution in [3.05, 3.63) is 60.1 Å². The van der Waals surface area contributed by atoms with Gasteiger partial charge in [0, 0.05) is 28.3 Å². The fourth-order valence-electron chi connectivity index (χ4n) is 2.78. The molecule has 0 aliphatic rings. The summed E-state index contributed by atoms with van der Waals surface area (Å²) in [6.45, 7) is 0. The summed E-state index contributed by atoms with van der Waals surface area (Å²) in [5, 5.41) is 9.54. The van der Waals surface area contributed by atoms with Crippen molar-refractivity contribution in [2.24, 2.45) is 0 Å². The maximum atomic E-state index is 5.77. The van der Waals surface area contributed by atoms with Crippen LogP contribution in [0.15, 0.2) is 60.1 Å². The number of nitrogen functional groups attached to an aromatic ring is 1. The van der Waals surface area contributed by atoms with Crippen LogP contribution >= 0.6 is 11.3 Å². The van der Waals surface area contributed by atoms with Crippen LogP contribution in [0.5, 0.6) is 5.75 Å². The van der Waals surface area contributed by atoms with E-state index in [1.165, 1.54) is 11.3 Å². The molecule has 0 spiro atoms. The van der Waals surface area contributed by atoms with Gasteiger partial charge in [-0.1, -0.05) is 18.2 Å². The third kappa shape index (κ3) is 2.99. The number of nitrogens with two attached hydrogens (primary N) is 1. The second-order valence-corrected chi connectivity index (χ2v) is 6.43. The van der Waals surface area contributed by atoms with Crippen LogP contribution in [0.1, 0.15) is 0 Å². The first-order valence-electron chi connectivity index (χ1n) is 7.74. The normalized spacial score (nSPS) is 10.8. The van der Waals surface area contributed by atoms with E-state index in [4.69, 9.17) is 10.5 Å². The van der Waals surface area contributed by atoms with Gasteiger partial charge in [0.15, 0.2) is 5.13 Å². The van der Waals surface area contributed by atoms with Crippen molar-refractivity contribution in [2.45, 2.75) is 0 Å². The van der Waals surface area contributed by atoms with Crippen molar-refractivity contribution in [3.63, 3.8) is 0 Å². The number of benzene rings is 2. The predicted octanol–water partition coefficient (Wildman–Crippen LogP) is 4.46. The first-order chi connectivity index (χ1) is 12.2. The van der Waals surface area contributed by atoms with Gasteiger partial charge in [-0.3, -0.25) is 5.10 Å². The molecule has 4 rings (SSSR count). The lowest BCUT2D eigenvalue weighted by atomic mass is 9.98. The molecule has 0 bridgehead atoms. The number of rotatable bonds is 4. The molecule has 6 heteroatoms. The molecular formula is C19H16N4OS. The first-order valence-corrected chi connectivity index (χ1v) is 8.62. The Hall–Kier alpha value is -3.12. The van der Waals surface area contributed by atoms with Crippen molar-refractivity contribution >= 4 is 16.5 Å². The van der Waals surface area contributed by atoms with E-state index in [0.29, 0.717) is 5.13 Å². The number of aromatic nitrogens is 3. The van der Waals surface area contributed by atoms with E-state index in [1.807, 2.05) is 29.6 Å². The summed E-state index contributed by atoms with van der Waals surface area (Å²) in [6, 6.07) is 16.2. The molecule has 124 valence electrons. The number of hydrogen-bond acceptors (Lipinski definition) is 5. The number of nitrogens with zero attached hydrogens (tertiary/aromatic N) is 2. The molecule has 0 saturated heterocycles. The molecule has 0 radical (unpaired) electrons. The summed E-state index contributed by atoms with van der Waals surface area (Å²) in [4.78, 5) is 4.37. The average molecular weight is 348 g/mol. The van der Waals surface area contributed by atoms with Gasteiger partial charge in [-0.25, -0.2) is 4.98 Å². The summed E-state index contributed by atoms with van der Waals surface area (Å²) >= 11 is 1.44. The van der Waals surface area contributed by atoms with Crippen LogP contribution in [0.25, 0.3) is 33.6 Å². The number of anilines is 1. The molecule has 0 saturated carbocycles. The minimum Gasteiger partial charge on any atom is -0.496 e. The molecule has 0 amide bonds. The molecule has 4 aromatic rings. The van der Waals surface area contributed by atoms with Gasteiger partial charge in [-0.2, -0.15) is 5.10 Å². The summed E-state index contributed by atoms with van der Waals surface area (Å²) in [5.74, 6) is 0.814. The van der Waals surface area contributed by atoms with E-state index in [1.54, 1.807) is 13.3 Å². The highest BCUT2D eigenvalue weighted by Crippen LogP contribution is 2.36. The molecule has 25 heavy (non-hydrogen) atoms. The molecule has 0 unspecified atom stereocenters. The Kier molecular flexibility index (Phi) is 3.95. The zero-order chi connectivity index (χ0) is 17.2. The quantitative estimate of drug-likeness (QED) is 0.571. The molecule has 5 nitrogen and oxygen atoms in total. The number of nitrogens with one attached hydrogen (secondary N) is 1. The molecule has 0 fully saturated rings. The summed E-state index contributed by atoms with van der Waals surface area (Å²) in [5.41, 5.74) is 11.8. The standard InChI is InChI=1S/C19H16N4OS/c1-24-18-6-5-14(17-11-25-19(20)22-17)10-15(18)12-3-2-4-13(9-12)16-7-8-21-23-16/h2-11H,1H3,(H2,20,22)(H,21,23). The fraction of sp³-hybridized carbons (Fsp3) is 0.0526. The lowest BCUT2D eigenvalue weighted by Gasteiger charge is -2.11. The zero-order valence-corrected chi connectivity index (χ0v) is 14.4. The highest BCUT2D eigenvalue weighted by molar-refractivity contribution is 7.13. The van der Waals surface area contributed by atoms with Crippen molar-refractivity contribution < 1.29 is 4.74 Å². The Labute approximate surface area is 149 Å². The van der Waals surface area contributed by atoms with Gasteiger partial charge < -0.3 is 10.5 Å². The molecular weight excluding hydrogens is 332 g/mol. The topological polar surface area (TPSA) is 76.8 Å². The number of hydrogen-bond donors (Lipinski definition) is 2. The molecule has 2 aromatic heterocycles. The number of thiazole rings is 1. The van der Waals surface area contributed by atoms with Crippen LogP contribution in [0.4, 0.5) is 5.13 Å². The number of H-pyrrole nitrogens is 1. The molecule has 0 atom stereocenters. The summed E-state index contributed by atoms with van der Waals surface area (Å²) < 4.78 is 5.56. The Bertz CT molecular complexity index is 1010. The number of aromatic amines is 1. The van der Waals surface area contributed by atoms with Gasteiger partial charge in [0.2, 0.25) is 0 Å².